The molecule has 0 spiro atoms. The van der Waals surface area contributed by atoms with E-state index in [4.69, 9.17) is 5.73 Å². The van der Waals surface area contributed by atoms with E-state index in [2.05, 4.69) is 42.9 Å². The van der Waals surface area contributed by atoms with E-state index in [1.807, 2.05) is 6.20 Å². The van der Waals surface area contributed by atoms with Crippen molar-refractivity contribution in [2.75, 3.05) is 24.1 Å². The monoisotopic (exact) mass is 309 g/mol. The molecular formula is C16H19N7. The maximum atomic E-state index is 5.65. The maximum absolute atomic E-state index is 5.65. The summed E-state index contributed by atoms with van der Waals surface area (Å²) in [5.74, 6) is 1.44. The minimum atomic E-state index is 0.260. The van der Waals surface area contributed by atoms with Gasteiger partial charge >= 0.3 is 0 Å². The molecule has 3 heterocycles. The third kappa shape index (κ3) is 2.83. The van der Waals surface area contributed by atoms with E-state index in [1.165, 1.54) is 18.4 Å². The first-order valence-electron chi connectivity index (χ1n) is 7.83. The Hall–Kier alpha value is -2.67. The second kappa shape index (κ2) is 5.85. The van der Waals surface area contributed by atoms with Crippen molar-refractivity contribution in [1.29, 1.82) is 0 Å². The topological polar surface area (TPSA) is 105 Å². The minimum absolute atomic E-state index is 0.260. The maximum Gasteiger partial charge on any atom is 0.221 e. The molecule has 0 saturated carbocycles. The van der Waals surface area contributed by atoms with Gasteiger partial charge in [-0.05, 0) is 49.1 Å². The first-order valence-corrected chi connectivity index (χ1v) is 7.83. The highest BCUT2D eigenvalue weighted by Crippen LogP contribution is 2.32. The smallest absolute Gasteiger partial charge is 0.221 e. The fraction of sp³-hybridized carbons (Fsp3) is 0.312. The first-order chi connectivity index (χ1) is 11.3. The molecule has 7 heteroatoms. The van der Waals surface area contributed by atoms with Crippen molar-refractivity contribution in [2.24, 2.45) is 0 Å². The Morgan fingerprint density at radius 1 is 1.30 bits per heavy atom. The van der Waals surface area contributed by atoms with Gasteiger partial charge in [-0.1, -0.05) is 0 Å². The molecule has 1 fully saturated rings. The lowest BCUT2D eigenvalue weighted by Gasteiger charge is -2.24. The van der Waals surface area contributed by atoms with E-state index >= 15 is 0 Å². The molecule has 1 aromatic carbocycles. The van der Waals surface area contributed by atoms with Crippen molar-refractivity contribution in [3.63, 3.8) is 0 Å². The molecule has 0 aliphatic carbocycles. The standard InChI is InChI=1S/C16H19N7/c17-16-19-5-3-14(22-16)21-12-6-11-9-20-23-15(11)13(7-12)10-2-1-4-18-8-10/h3,5-7,9-10,18H,1-2,4,8H2,(H,20,23)(H3,17,19,21,22). The molecule has 1 saturated heterocycles. The SMILES string of the molecule is Nc1nccc(Nc2cc(C3CCCNC3)c3[nH]ncc3c2)n1. The van der Waals surface area contributed by atoms with Gasteiger partial charge in [0, 0.05) is 23.8 Å². The summed E-state index contributed by atoms with van der Waals surface area (Å²) in [5.41, 5.74) is 9.04. The van der Waals surface area contributed by atoms with E-state index in [9.17, 15) is 0 Å². The number of fused-ring (bicyclic) bond motifs is 1. The Labute approximate surface area is 133 Å². The number of hydrogen-bond donors (Lipinski definition) is 4. The second-order valence-electron chi connectivity index (χ2n) is 5.87. The summed E-state index contributed by atoms with van der Waals surface area (Å²) in [7, 11) is 0. The van der Waals surface area contributed by atoms with Crippen LogP contribution in [0, 0.1) is 0 Å². The second-order valence-corrected chi connectivity index (χ2v) is 5.87. The third-order valence-corrected chi connectivity index (χ3v) is 4.26. The van der Waals surface area contributed by atoms with Gasteiger partial charge in [0.05, 0.1) is 11.7 Å². The van der Waals surface area contributed by atoms with Crippen LogP contribution < -0.4 is 16.4 Å². The average Bonchev–Trinajstić information content (AvgIpc) is 3.03. The highest BCUT2D eigenvalue weighted by Gasteiger charge is 2.19. The fourth-order valence-corrected chi connectivity index (χ4v) is 3.19. The van der Waals surface area contributed by atoms with Crippen LogP contribution in [0.15, 0.2) is 30.6 Å². The van der Waals surface area contributed by atoms with Gasteiger partial charge in [-0.2, -0.15) is 10.1 Å². The Bertz CT molecular complexity index is 820. The zero-order valence-corrected chi connectivity index (χ0v) is 12.7. The molecule has 1 aliphatic heterocycles. The molecule has 2 aromatic heterocycles. The number of anilines is 3. The zero-order valence-electron chi connectivity index (χ0n) is 12.7. The number of aromatic amines is 1. The molecule has 4 rings (SSSR count). The van der Waals surface area contributed by atoms with Crippen molar-refractivity contribution < 1.29 is 0 Å². The molecule has 7 nitrogen and oxygen atoms in total. The Balaban J connectivity index is 1.72. The highest BCUT2D eigenvalue weighted by atomic mass is 15.1. The van der Waals surface area contributed by atoms with Crippen molar-refractivity contribution >= 4 is 28.4 Å². The lowest BCUT2D eigenvalue weighted by Crippen LogP contribution is -2.28. The van der Waals surface area contributed by atoms with Gasteiger partial charge in [0.1, 0.15) is 5.82 Å². The Kier molecular flexibility index (Phi) is 3.55. The average molecular weight is 309 g/mol. The molecular weight excluding hydrogens is 290 g/mol. The van der Waals surface area contributed by atoms with Crippen LogP contribution in [0.1, 0.15) is 24.3 Å². The summed E-state index contributed by atoms with van der Waals surface area (Å²) in [5, 5.41) is 15.2. The van der Waals surface area contributed by atoms with E-state index in [0.717, 1.165) is 29.7 Å². The van der Waals surface area contributed by atoms with Gasteiger partial charge in [-0.15, -0.1) is 0 Å². The summed E-state index contributed by atoms with van der Waals surface area (Å²) in [6.07, 6.45) is 5.88. The predicted octanol–water partition coefficient (Wildman–Crippen LogP) is 2.15. The first kappa shape index (κ1) is 14.0. The van der Waals surface area contributed by atoms with Crippen LogP contribution in [0.3, 0.4) is 0 Å². The van der Waals surface area contributed by atoms with Gasteiger partial charge in [-0.3, -0.25) is 5.10 Å². The summed E-state index contributed by atoms with van der Waals surface area (Å²) < 4.78 is 0. The van der Waals surface area contributed by atoms with Crippen LogP contribution >= 0.6 is 0 Å². The van der Waals surface area contributed by atoms with Crippen LogP contribution in [-0.2, 0) is 0 Å². The van der Waals surface area contributed by atoms with Gasteiger partial charge in [0.25, 0.3) is 0 Å². The number of hydrogen-bond acceptors (Lipinski definition) is 6. The third-order valence-electron chi connectivity index (χ3n) is 4.26. The molecule has 1 unspecified atom stereocenters. The number of H-pyrrole nitrogens is 1. The van der Waals surface area contributed by atoms with Gasteiger partial charge in [-0.25, -0.2) is 4.98 Å². The van der Waals surface area contributed by atoms with E-state index in [0.29, 0.717) is 11.7 Å². The van der Waals surface area contributed by atoms with Crippen molar-refractivity contribution in [1.82, 2.24) is 25.5 Å². The zero-order chi connectivity index (χ0) is 15.6. The molecule has 0 radical (unpaired) electrons. The molecule has 23 heavy (non-hydrogen) atoms. The van der Waals surface area contributed by atoms with Crippen molar-refractivity contribution in [2.45, 2.75) is 18.8 Å². The van der Waals surface area contributed by atoms with Crippen LogP contribution in [-0.4, -0.2) is 33.3 Å². The lowest BCUT2D eigenvalue weighted by molar-refractivity contribution is 0.463. The molecule has 0 bridgehead atoms. The normalized spacial score (nSPS) is 18.2. The van der Waals surface area contributed by atoms with Crippen molar-refractivity contribution in [3.05, 3.63) is 36.2 Å². The summed E-state index contributed by atoms with van der Waals surface area (Å²) in [6, 6.07) is 6.05. The number of benzene rings is 1. The molecule has 1 atom stereocenters. The molecule has 0 amide bonds. The molecule has 1 aliphatic rings. The number of nitrogens with one attached hydrogen (secondary N) is 3. The summed E-state index contributed by atoms with van der Waals surface area (Å²) >= 11 is 0. The molecule has 5 N–H and O–H groups in total. The fourth-order valence-electron chi connectivity index (χ4n) is 3.19. The number of piperidine rings is 1. The highest BCUT2D eigenvalue weighted by molar-refractivity contribution is 5.86. The summed E-state index contributed by atoms with van der Waals surface area (Å²) in [4.78, 5) is 8.12. The van der Waals surface area contributed by atoms with E-state index in [-0.39, 0.29) is 5.95 Å². The predicted molar refractivity (Wildman–Crippen MR) is 90.7 cm³/mol. The van der Waals surface area contributed by atoms with Crippen LogP contribution in [0.5, 0.6) is 0 Å². The van der Waals surface area contributed by atoms with Gasteiger partial charge in [0.2, 0.25) is 5.95 Å². The number of nitrogens with zero attached hydrogens (tertiary/aromatic N) is 3. The minimum Gasteiger partial charge on any atom is -0.368 e. The molecule has 3 aromatic rings. The van der Waals surface area contributed by atoms with E-state index < -0.39 is 0 Å². The lowest BCUT2D eigenvalue weighted by atomic mass is 9.90. The van der Waals surface area contributed by atoms with Gasteiger partial charge in [0.15, 0.2) is 0 Å². The van der Waals surface area contributed by atoms with E-state index in [1.54, 1.807) is 12.3 Å². The van der Waals surface area contributed by atoms with Gasteiger partial charge < -0.3 is 16.4 Å². The largest absolute Gasteiger partial charge is 0.368 e. The van der Waals surface area contributed by atoms with Crippen molar-refractivity contribution in [3.8, 4) is 0 Å². The quantitative estimate of drug-likeness (QED) is 0.591. The Morgan fingerprint density at radius 3 is 3.09 bits per heavy atom. The number of rotatable bonds is 3. The summed E-state index contributed by atoms with van der Waals surface area (Å²) in [6.45, 7) is 2.10. The Morgan fingerprint density at radius 2 is 2.26 bits per heavy atom. The van der Waals surface area contributed by atoms with Crippen LogP contribution in [0.25, 0.3) is 10.9 Å². The van der Waals surface area contributed by atoms with Crippen LogP contribution in [0.4, 0.5) is 17.5 Å². The number of aromatic nitrogens is 4. The number of nitrogen functional groups attached to an aromatic ring is 1. The van der Waals surface area contributed by atoms with Crippen LogP contribution in [0.2, 0.25) is 0 Å². The molecule has 118 valence electrons. The number of nitrogens with two attached hydrogens (primary N) is 1.